The molecule has 1 aliphatic carbocycles. The summed E-state index contributed by atoms with van der Waals surface area (Å²) < 4.78 is 18.2. The Morgan fingerprint density at radius 3 is 2.86 bits per heavy atom. The molecule has 3 rings (SSSR count). The molecule has 1 N–H and O–H groups in total. The molecule has 112 valence electrons. The largest absolute Gasteiger partial charge is 0.468 e. The maximum Gasteiger partial charge on any atom is 0.141 e. The van der Waals surface area contributed by atoms with E-state index >= 15 is 0 Å². The predicted octanol–water partition coefficient (Wildman–Crippen LogP) is 2.90. The van der Waals surface area contributed by atoms with Gasteiger partial charge in [0.05, 0.1) is 30.8 Å². The smallest absolute Gasteiger partial charge is 0.141 e. The van der Waals surface area contributed by atoms with E-state index in [0.717, 1.165) is 25.0 Å². The monoisotopic (exact) mass is 290 g/mol. The lowest BCUT2D eigenvalue weighted by Gasteiger charge is -2.22. The van der Waals surface area contributed by atoms with Crippen LogP contribution in [0, 0.1) is 5.82 Å². The molecule has 1 aliphatic rings. The number of aliphatic hydroxyl groups is 1. The highest BCUT2D eigenvalue weighted by atomic mass is 19.1. The summed E-state index contributed by atoms with van der Waals surface area (Å²) in [6, 6.07) is 7.30. The third-order valence-electron chi connectivity index (χ3n) is 3.78. The van der Waals surface area contributed by atoms with Crippen molar-refractivity contribution >= 4 is 0 Å². The van der Waals surface area contributed by atoms with E-state index in [0.29, 0.717) is 18.2 Å². The summed E-state index contributed by atoms with van der Waals surface area (Å²) in [6.07, 6.45) is 5.13. The molecular weight excluding hydrogens is 271 g/mol. The summed E-state index contributed by atoms with van der Waals surface area (Å²) in [7, 11) is 0. The first kappa shape index (κ1) is 14.2. The molecule has 21 heavy (non-hydrogen) atoms. The minimum absolute atomic E-state index is 0.386. The molecule has 1 atom stereocenters. The van der Waals surface area contributed by atoms with Crippen LogP contribution in [0.2, 0.25) is 0 Å². The van der Waals surface area contributed by atoms with Crippen molar-refractivity contribution in [2.75, 3.05) is 6.54 Å². The molecule has 0 spiro atoms. The van der Waals surface area contributed by atoms with Gasteiger partial charge < -0.3 is 9.52 Å². The number of aromatic nitrogens is 1. The quantitative estimate of drug-likeness (QED) is 0.852. The first-order chi connectivity index (χ1) is 10.2. The van der Waals surface area contributed by atoms with Gasteiger partial charge in [-0.05, 0) is 43.5 Å². The van der Waals surface area contributed by atoms with Crippen LogP contribution in [0.25, 0.3) is 0 Å². The zero-order chi connectivity index (χ0) is 14.7. The van der Waals surface area contributed by atoms with E-state index in [-0.39, 0.29) is 5.82 Å². The van der Waals surface area contributed by atoms with Gasteiger partial charge in [0.2, 0.25) is 0 Å². The molecule has 2 aromatic rings. The molecule has 0 bridgehead atoms. The van der Waals surface area contributed by atoms with Gasteiger partial charge in [0.25, 0.3) is 0 Å². The number of halogens is 1. The van der Waals surface area contributed by atoms with Crippen LogP contribution in [-0.2, 0) is 6.54 Å². The van der Waals surface area contributed by atoms with Crippen LogP contribution in [0.3, 0.4) is 0 Å². The first-order valence-electron chi connectivity index (χ1n) is 7.28. The highest BCUT2D eigenvalue weighted by Crippen LogP contribution is 2.29. The molecule has 4 nitrogen and oxygen atoms in total. The summed E-state index contributed by atoms with van der Waals surface area (Å²) in [6.45, 7) is 1.53. The highest BCUT2D eigenvalue weighted by Gasteiger charge is 2.29. The van der Waals surface area contributed by atoms with Crippen molar-refractivity contribution in [2.24, 2.45) is 0 Å². The standard InChI is InChI=1S/C16H19FN2O2/c17-12-3-6-15(18-10-12)16(20)7-8-19(13-4-5-13)11-14-2-1-9-21-14/h1-3,6,9-10,13,16,20H,4-5,7-8,11H2. The molecule has 0 aliphatic heterocycles. The van der Waals surface area contributed by atoms with Gasteiger partial charge >= 0.3 is 0 Å². The van der Waals surface area contributed by atoms with E-state index in [1.165, 1.54) is 25.0 Å². The van der Waals surface area contributed by atoms with Gasteiger partial charge in [0.1, 0.15) is 11.6 Å². The molecular formula is C16H19FN2O2. The van der Waals surface area contributed by atoms with E-state index in [9.17, 15) is 9.50 Å². The Balaban J connectivity index is 1.55. The van der Waals surface area contributed by atoms with E-state index in [1.54, 1.807) is 6.26 Å². The normalized spacial score (nSPS) is 16.3. The van der Waals surface area contributed by atoms with Gasteiger partial charge in [-0.1, -0.05) is 0 Å². The van der Waals surface area contributed by atoms with Crippen LogP contribution in [0.5, 0.6) is 0 Å². The average molecular weight is 290 g/mol. The maximum absolute atomic E-state index is 12.8. The first-order valence-corrected chi connectivity index (χ1v) is 7.28. The second-order valence-corrected chi connectivity index (χ2v) is 5.49. The highest BCUT2D eigenvalue weighted by molar-refractivity contribution is 5.08. The van der Waals surface area contributed by atoms with E-state index < -0.39 is 6.10 Å². The number of nitrogens with zero attached hydrogens (tertiary/aromatic N) is 2. The van der Waals surface area contributed by atoms with Crippen molar-refractivity contribution in [3.63, 3.8) is 0 Å². The Bertz CT molecular complexity index is 552. The SMILES string of the molecule is OC(CCN(Cc1ccco1)C1CC1)c1ccc(F)cn1. The predicted molar refractivity (Wildman–Crippen MR) is 75.9 cm³/mol. The Kier molecular flexibility index (Phi) is 4.31. The van der Waals surface area contributed by atoms with E-state index in [1.807, 2.05) is 12.1 Å². The molecule has 1 saturated carbocycles. The molecule has 0 amide bonds. The van der Waals surface area contributed by atoms with Crippen molar-refractivity contribution in [2.45, 2.75) is 38.0 Å². The molecule has 0 saturated heterocycles. The Morgan fingerprint density at radius 1 is 1.38 bits per heavy atom. The zero-order valence-corrected chi connectivity index (χ0v) is 11.8. The van der Waals surface area contributed by atoms with Gasteiger partial charge in [0, 0.05) is 12.6 Å². The van der Waals surface area contributed by atoms with Gasteiger partial charge in [0.15, 0.2) is 0 Å². The summed E-state index contributed by atoms with van der Waals surface area (Å²) in [5.41, 5.74) is 0.519. The van der Waals surface area contributed by atoms with Gasteiger partial charge in [-0.2, -0.15) is 0 Å². The van der Waals surface area contributed by atoms with Crippen LogP contribution in [-0.4, -0.2) is 27.6 Å². The number of hydrogen-bond donors (Lipinski definition) is 1. The fourth-order valence-electron chi connectivity index (χ4n) is 2.45. The maximum atomic E-state index is 12.8. The lowest BCUT2D eigenvalue weighted by molar-refractivity contribution is 0.130. The second kappa shape index (κ2) is 6.37. The van der Waals surface area contributed by atoms with Crippen molar-refractivity contribution < 1.29 is 13.9 Å². The Hall–Kier alpha value is -1.72. The lowest BCUT2D eigenvalue weighted by Crippen LogP contribution is -2.27. The molecule has 2 aromatic heterocycles. The lowest BCUT2D eigenvalue weighted by atomic mass is 10.1. The fraction of sp³-hybridized carbons (Fsp3) is 0.438. The van der Waals surface area contributed by atoms with Crippen LogP contribution in [0.1, 0.15) is 36.8 Å². The number of furan rings is 1. The van der Waals surface area contributed by atoms with Crippen LogP contribution in [0.15, 0.2) is 41.1 Å². The molecule has 1 unspecified atom stereocenters. The Morgan fingerprint density at radius 2 is 2.24 bits per heavy atom. The minimum atomic E-state index is -0.663. The van der Waals surface area contributed by atoms with Crippen LogP contribution >= 0.6 is 0 Å². The van der Waals surface area contributed by atoms with Gasteiger partial charge in [-0.25, -0.2) is 4.39 Å². The van der Waals surface area contributed by atoms with Crippen molar-refractivity contribution in [3.8, 4) is 0 Å². The van der Waals surface area contributed by atoms with Crippen molar-refractivity contribution in [1.82, 2.24) is 9.88 Å². The number of aliphatic hydroxyl groups excluding tert-OH is 1. The van der Waals surface area contributed by atoms with E-state index in [4.69, 9.17) is 4.42 Å². The molecule has 0 aromatic carbocycles. The second-order valence-electron chi connectivity index (χ2n) is 5.49. The van der Waals surface area contributed by atoms with Crippen molar-refractivity contribution in [1.29, 1.82) is 0 Å². The molecule has 0 radical (unpaired) electrons. The van der Waals surface area contributed by atoms with Crippen molar-refractivity contribution in [3.05, 3.63) is 54.0 Å². The van der Waals surface area contributed by atoms with Crippen LogP contribution in [0.4, 0.5) is 4.39 Å². The number of hydrogen-bond acceptors (Lipinski definition) is 4. The number of rotatable bonds is 7. The molecule has 1 fully saturated rings. The third kappa shape index (κ3) is 3.89. The average Bonchev–Trinajstić information content (AvgIpc) is 3.21. The minimum Gasteiger partial charge on any atom is -0.468 e. The fourth-order valence-corrected chi connectivity index (χ4v) is 2.45. The van der Waals surface area contributed by atoms with Gasteiger partial charge in [-0.3, -0.25) is 9.88 Å². The molecule has 5 heteroatoms. The van der Waals surface area contributed by atoms with Gasteiger partial charge in [-0.15, -0.1) is 0 Å². The van der Waals surface area contributed by atoms with E-state index in [2.05, 4.69) is 9.88 Å². The summed E-state index contributed by atoms with van der Waals surface area (Å²) in [4.78, 5) is 6.26. The number of pyridine rings is 1. The topological polar surface area (TPSA) is 49.5 Å². The summed E-state index contributed by atoms with van der Waals surface area (Å²) in [5.74, 6) is 0.555. The summed E-state index contributed by atoms with van der Waals surface area (Å²) >= 11 is 0. The summed E-state index contributed by atoms with van der Waals surface area (Å²) in [5, 5.41) is 10.2. The van der Waals surface area contributed by atoms with Crippen LogP contribution < -0.4 is 0 Å². The zero-order valence-electron chi connectivity index (χ0n) is 11.8. The third-order valence-corrected chi connectivity index (χ3v) is 3.78. The molecule has 2 heterocycles. The Labute approximate surface area is 123 Å².